The predicted molar refractivity (Wildman–Crippen MR) is 61.9 cm³/mol. The average Bonchev–Trinajstić information content (AvgIpc) is 2.76. The third-order valence-electron chi connectivity index (χ3n) is 2.08. The Kier molecular flexibility index (Phi) is 3.27. The van der Waals surface area contributed by atoms with Crippen molar-refractivity contribution in [1.29, 1.82) is 0 Å². The van der Waals surface area contributed by atoms with Gasteiger partial charge in [-0.2, -0.15) is 8.78 Å². The normalized spacial score (nSPS) is 11.5. The van der Waals surface area contributed by atoms with Gasteiger partial charge in [0.05, 0.1) is 5.69 Å². The van der Waals surface area contributed by atoms with Crippen molar-refractivity contribution in [3.05, 3.63) is 33.7 Å². The highest BCUT2D eigenvalue weighted by Gasteiger charge is 2.42. The van der Waals surface area contributed by atoms with Crippen molar-refractivity contribution in [2.45, 2.75) is 5.92 Å². The molecule has 18 heavy (non-hydrogen) atoms. The Hall–Kier alpha value is -1.60. The molecule has 0 amide bonds. The van der Waals surface area contributed by atoms with Gasteiger partial charge in [-0.1, -0.05) is 17.7 Å². The van der Waals surface area contributed by atoms with Crippen molar-refractivity contribution in [3.63, 3.8) is 0 Å². The molecule has 0 aliphatic rings. The van der Waals surface area contributed by atoms with Gasteiger partial charge in [0.25, 0.3) is 0 Å². The zero-order valence-corrected chi connectivity index (χ0v) is 10.2. The number of nitrogens with zero attached hydrogens (tertiary/aromatic N) is 2. The molecule has 2 rings (SSSR count). The molecule has 0 fully saturated rings. The second-order valence-electron chi connectivity index (χ2n) is 3.27. The molecule has 2 aromatic rings. The number of carbonyl (C=O) groups is 1. The van der Waals surface area contributed by atoms with Crippen molar-refractivity contribution in [2.24, 2.45) is 0 Å². The summed E-state index contributed by atoms with van der Waals surface area (Å²) in [5.41, 5.74) is -0.360. The minimum Gasteiger partial charge on any atom is -0.476 e. The van der Waals surface area contributed by atoms with Gasteiger partial charge in [-0.3, -0.25) is 0 Å². The maximum Gasteiger partial charge on any atom is 0.384 e. The maximum absolute atomic E-state index is 13.3. The number of aliphatic carboxylic acids is 1. The number of halogens is 3. The number of thiazole rings is 1. The molecule has 0 saturated carbocycles. The van der Waals surface area contributed by atoms with Crippen molar-refractivity contribution in [2.75, 3.05) is 0 Å². The Morgan fingerprint density at radius 1 is 1.33 bits per heavy atom. The van der Waals surface area contributed by atoms with E-state index in [1.807, 2.05) is 0 Å². The summed E-state index contributed by atoms with van der Waals surface area (Å²) in [6.45, 7) is 0. The topological polar surface area (TPSA) is 63.1 Å². The van der Waals surface area contributed by atoms with E-state index in [1.165, 1.54) is 12.1 Å². The third kappa shape index (κ3) is 2.32. The molecule has 8 heteroatoms. The number of carboxylic acid groups (broad SMARTS) is 1. The van der Waals surface area contributed by atoms with Crippen LogP contribution in [0.5, 0.6) is 0 Å². The second-order valence-corrected chi connectivity index (χ2v) is 4.71. The van der Waals surface area contributed by atoms with E-state index >= 15 is 0 Å². The smallest absolute Gasteiger partial charge is 0.384 e. The molecule has 2 aromatic heterocycles. The van der Waals surface area contributed by atoms with Gasteiger partial charge < -0.3 is 5.11 Å². The molecule has 0 atom stereocenters. The van der Waals surface area contributed by atoms with Gasteiger partial charge in [0.2, 0.25) is 0 Å². The number of aromatic nitrogens is 2. The molecule has 0 bridgehead atoms. The van der Waals surface area contributed by atoms with Crippen LogP contribution in [-0.2, 0) is 10.7 Å². The SMILES string of the molecule is O=C(O)C(F)(F)c1cccc(-c2csc(Cl)n2)n1. The molecule has 0 aliphatic carbocycles. The van der Waals surface area contributed by atoms with Crippen molar-refractivity contribution < 1.29 is 18.7 Å². The first-order valence-electron chi connectivity index (χ1n) is 4.61. The zero-order valence-electron chi connectivity index (χ0n) is 8.60. The number of pyridine rings is 1. The lowest BCUT2D eigenvalue weighted by molar-refractivity contribution is -0.166. The lowest BCUT2D eigenvalue weighted by Crippen LogP contribution is -2.26. The summed E-state index contributed by atoms with van der Waals surface area (Å²) < 4.78 is 26.8. The fraction of sp³-hybridized carbons (Fsp3) is 0.100. The number of rotatable bonds is 3. The fourth-order valence-electron chi connectivity index (χ4n) is 1.23. The third-order valence-corrected chi connectivity index (χ3v) is 3.06. The largest absolute Gasteiger partial charge is 0.476 e. The van der Waals surface area contributed by atoms with Crippen LogP contribution in [0.3, 0.4) is 0 Å². The van der Waals surface area contributed by atoms with E-state index in [9.17, 15) is 13.6 Å². The summed E-state index contributed by atoms with van der Waals surface area (Å²) in [4.78, 5) is 17.9. The van der Waals surface area contributed by atoms with Crippen molar-refractivity contribution >= 4 is 28.9 Å². The maximum atomic E-state index is 13.3. The Labute approximate surface area is 109 Å². The van der Waals surface area contributed by atoms with E-state index in [0.717, 1.165) is 17.4 Å². The monoisotopic (exact) mass is 290 g/mol. The van der Waals surface area contributed by atoms with Gasteiger partial charge in [0.1, 0.15) is 11.4 Å². The molecule has 4 nitrogen and oxygen atoms in total. The lowest BCUT2D eigenvalue weighted by Gasteiger charge is -2.10. The Morgan fingerprint density at radius 3 is 2.61 bits per heavy atom. The van der Waals surface area contributed by atoms with Crippen LogP contribution in [0.15, 0.2) is 23.6 Å². The summed E-state index contributed by atoms with van der Waals surface area (Å²) in [6.07, 6.45) is 0. The van der Waals surface area contributed by atoms with E-state index in [-0.39, 0.29) is 10.2 Å². The van der Waals surface area contributed by atoms with Gasteiger partial charge in [0.15, 0.2) is 4.47 Å². The Balaban J connectivity index is 2.46. The predicted octanol–water partition coefficient (Wildman–Crippen LogP) is 3.03. The van der Waals surface area contributed by atoms with Gasteiger partial charge in [-0.25, -0.2) is 14.8 Å². The van der Waals surface area contributed by atoms with Gasteiger partial charge in [-0.05, 0) is 12.1 Å². The van der Waals surface area contributed by atoms with Crippen LogP contribution in [-0.4, -0.2) is 21.0 Å². The highest BCUT2D eigenvalue weighted by Crippen LogP contribution is 2.29. The summed E-state index contributed by atoms with van der Waals surface area (Å²) in [6, 6.07) is 3.69. The summed E-state index contributed by atoms with van der Waals surface area (Å²) >= 11 is 6.76. The quantitative estimate of drug-likeness (QED) is 0.944. The van der Waals surface area contributed by atoms with E-state index in [0.29, 0.717) is 5.69 Å². The first-order chi connectivity index (χ1) is 8.41. The minimum atomic E-state index is -4.03. The van der Waals surface area contributed by atoms with Gasteiger partial charge in [-0.15, -0.1) is 11.3 Å². The Morgan fingerprint density at radius 2 is 2.06 bits per heavy atom. The molecule has 0 radical (unpaired) electrons. The van der Waals surface area contributed by atoms with Crippen molar-refractivity contribution in [3.8, 4) is 11.4 Å². The van der Waals surface area contributed by atoms with Crippen LogP contribution >= 0.6 is 22.9 Å². The molecular weight excluding hydrogens is 286 g/mol. The van der Waals surface area contributed by atoms with E-state index < -0.39 is 17.6 Å². The van der Waals surface area contributed by atoms with Crippen LogP contribution in [0.1, 0.15) is 5.69 Å². The molecule has 0 saturated heterocycles. The lowest BCUT2D eigenvalue weighted by atomic mass is 10.2. The van der Waals surface area contributed by atoms with Crippen LogP contribution in [0.2, 0.25) is 4.47 Å². The number of hydrogen-bond acceptors (Lipinski definition) is 4. The average molecular weight is 291 g/mol. The number of alkyl halides is 2. The highest BCUT2D eigenvalue weighted by atomic mass is 35.5. The van der Waals surface area contributed by atoms with Crippen LogP contribution in [0.4, 0.5) is 8.78 Å². The van der Waals surface area contributed by atoms with E-state index in [4.69, 9.17) is 16.7 Å². The zero-order chi connectivity index (χ0) is 13.3. The molecule has 0 unspecified atom stereocenters. The van der Waals surface area contributed by atoms with E-state index in [1.54, 1.807) is 5.38 Å². The number of hydrogen-bond donors (Lipinski definition) is 1. The van der Waals surface area contributed by atoms with Crippen LogP contribution in [0.25, 0.3) is 11.4 Å². The second kappa shape index (κ2) is 4.58. The molecule has 0 aliphatic heterocycles. The van der Waals surface area contributed by atoms with Crippen LogP contribution < -0.4 is 0 Å². The molecule has 1 N–H and O–H groups in total. The first-order valence-corrected chi connectivity index (χ1v) is 5.87. The van der Waals surface area contributed by atoms with Gasteiger partial charge in [0, 0.05) is 5.38 Å². The molecule has 0 aromatic carbocycles. The highest BCUT2D eigenvalue weighted by molar-refractivity contribution is 7.14. The van der Waals surface area contributed by atoms with Gasteiger partial charge >= 0.3 is 11.9 Å². The molecule has 0 spiro atoms. The summed E-state index contributed by atoms with van der Waals surface area (Å²) in [5.74, 6) is -6.28. The fourth-order valence-corrected chi connectivity index (χ4v) is 1.99. The summed E-state index contributed by atoms with van der Waals surface area (Å²) in [5, 5.41) is 9.98. The molecule has 94 valence electrons. The first kappa shape index (κ1) is 12.8. The number of carboxylic acids is 1. The van der Waals surface area contributed by atoms with Crippen LogP contribution in [0, 0.1) is 0 Å². The standard InChI is InChI=1S/C10H5ClF2N2O2S/c11-9-15-6(4-18-9)5-2-1-3-7(14-5)10(12,13)8(16)17/h1-4H,(H,16,17). The Bertz CT molecular complexity index is 603. The molecular formula is C10H5ClF2N2O2S. The molecule has 2 heterocycles. The minimum absolute atomic E-state index is 0.150. The summed E-state index contributed by atoms with van der Waals surface area (Å²) in [7, 11) is 0. The van der Waals surface area contributed by atoms with Crippen molar-refractivity contribution in [1.82, 2.24) is 9.97 Å². The van der Waals surface area contributed by atoms with E-state index in [2.05, 4.69) is 9.97 Å².